The lowest BCUT2D eigenvalue weighted by Crippen LogP contribution is -2.19. The van der Waals surface area contributed by atoms with Crippen molar-refractivity contribution in [3.05, 3.63) is 59.3 Å². The Balaban J connectivity index is 2.43. The first kappa shape index (κ1) is 23.2. The molecule has 2 nitrogen and oxygen atoms in total. The Kier molecular flexibility index (Phi) is 12.3. The second-order valence-electron chi connectivity index (χ2n) is 7.63. The van der Waals surface area contributed by atoms with Gasteiger partial charge in [-0.25, -0.2) is 4.79 Å². The van der Waals surface area contributed by atoms with Crippen LogP contribution in [0.15, 0.2) is 59.3 Å². The van der Waals surface area contributed by atoms with Crippen LogP contribution in [0, 0.1) is 0 Å². The molecule has 0 unspecified atom stereocenters. The Morgan fingerprint density at radius 1 is 0.926 bits per heavy atom. The van der Waals surface area contributed by atoms with Crippen LogP contribution in [0.5, 0.6) is 0 Å². The third-order valence-corrected chi connectivity index (χ3v) is 4.76. The van der Waals surface area contributed by atoms with E-state index >= 15 is 0 Å². The number of hydrogen-bond donors (Lipinski definition) is 0. The van der Waals surface area contributed by atoms with Crippen molar-refractivity contribution in [2.45, 2.75) is 91.6 Å². The van der Waals surface area contributed by atoms with E-state index in [-0.39, 0.29) is 12.1 Å². The summed E-state index contributed by atoms with van der Waals surface area (Å²) in [5.41, 5.74) is 3.51. The molecule has 0 amide bonds. The Labute approximate surface area is 166 Å². The number of unbranched alkanes of at least 4 members (excludes halogenated alkanes) is 3. The lowest BCUT2D eigenvalue weighted by atomic mass is 9.98. The van der Waals surface area contributed by atoms with E-state index in [1.54, 1.807) is 6.08 Å². The van der Waals surface area contributed by atoms with Gasteiger partial charge in [0.15, 0.2) is 0 Å². The number of rotatable bonds is 10. The summed E-state index contributed by atoms with van der Waals surface area (Å²) in [5.74, 6) is -0.222. The second kappa shape index (κ2) is 14.3. The first-order chi connectivity index (χ1) is 13.0. The minimum absolute atomic E-state index is 0.116. The topological polar surface area (TPSA) is 26.3 Å². The molecule has 150 valence electrons. The molecule has 0 aromatic rings. The SMILES string of the molecule is CCCCC/C=C(C)/C=C/C=C(C)/C=C(C)/C=C/C(=O)OC1CCCCC1. The first-order valence-corrected chi connectivity index (χ1v) is 10.6. The van der Waals surface area contributed by atoms with Gasteiger partial charge in [0, 0.05) is 6.08 Å². The average Bonchev–Trinajstić information content (AvgIpc) is 2.64. The molecule has 0 aromatic heterocycles. The zero-order chi connectivity index (χ0) is 19.9. The smallest absolute Gasteiger partial charge is 0.331 e. The summed E-state index contributed by atoms with van der Waals surface area (Å²) < 4.78 is 5.50. The number of carbonyl (C=O) groups is 1. The highest BCUT2D eigenvalue weighted by atomic mass is 16.5. The van der Waals surface area contributed by atoms with Crippen LogP contribution in [-0.2, 0) is 9.53 Å². The number of allylic oxidation sites excluding steroid dienone is 9. The second-order valence-corrected chi connectivity index (χ2v) is 7.63. The van der Waals surface area contributed by atoms with Gasteiger partial charge in [0.1, 0.15) is 6.10 Å². The van der Waals surface area contributed by atoms with Gasteiger partial charge in [0.25, 0.3) is 0 Å². The van der Waals surface area contributed by atoms with Gasteiger partial charge in [-0.3, -0.25) is 0 Å². The number of ether oxygens (including phenoxy) is 1. The summed E-state index contributed by atoms with van der Waals surface area (Å²) in [6.07, 6.45) is 24.8. The van der Waals surface area contributed by atoms with Crippen LogP contribution < -0.4 is 0 Å². The molecular formula is C25H38O2. The Morgan fingerprint density at radius 2 is 1.67 bits per heavy atom. The summed E-state index contributed by atoms with van der Waals surface area (Å²) in [6.45, 7) is 8.45. The molecule has 0 aliphatic heterocycles. The maximum absolute atomic E-state index is 11.9. The van der Waals surface area contributed by atoms with Gasteiger partial charge in [0.05, 0.1) is 0 Å². The molecule has 2 heteroatoms. The van der Waals surface area contributed by atoms with Crippen molar-refractivity contribution in [3.8, 4) is 0 Å². The third kappa shape index (κ3) is 12.2. The standard InChI is InChI=1S/C25H38O2/c1-5-6-7-9-13-21(2)14-12-15-22(3)20-23(4)18-19-25(26)27-24-16-10-8-11-17-24/h12-15,18-20,24H,5-11,16-17H2,1-4H3/b14-12+,19-18+,21-13+,22-15+,23-20+. The van der Waals surface area contributed by atoms with Gasteiger partial charge in [-0.1, -0.05) is 79.4 Å². The molecule has 1 aliphatic rings. The molecule has 0 heterocycles. The quantitative estimate of drug-likeness (QED) is 0.173. The molecule has 1 aliphatic carbocycles. The molecule has 0 spiro atoms. The van der Waals surface area contributed by atoms with Crippen molar-refractivity contribution in [3.63, 3.8) is 0 Å². The highest BCUT2D eigenvalue weighted by molar-refractivity contribution is 5.82. The van der Waals surface area contributed by atoms with Crippen LogP contribution in [0.3, 0.4) is 0 Å². The number of carbonyl (C=O) groups excluding carboxylic acids is 1. The van der Waals surface area contributed by atoms with E-state index in [9.17, 15) is 4.79 Å². The van der Waals surface area contributed by atoms with E-state index in [4.69, 9.17) is 4.74 Å². The van der Waals surface area contributed by atoms with Crippen LogP contribution in [0.2, 0.25) is 0 Å². The fraction of sp³-hybridized carbons (Fsp3) is 0.560. The Morgan fingerprint density at radius 3 is 2.37 bits per heavy atom. The fourth-order valence-electron chi connectivity index (χ4n) is 3.19. The molecule has 0 aromatic carbocycles. The highest BCUT2D eigenvalue weighted by Crippen LogP contribution is 2.20. The van der Waals surface area contributed by atoms with E-state index in [2.05, 4.69) is 51.2 Å². The van der Waals surface area contributed by atoms with Crippen molar-refractivity contribution < 1.29 is 9.53 Å². The van der Waals surface area contributed by atoms with Gasteiger partial charge in [-0.2, -0.15) is 0 Å². The molecule has 0 radical (unpaired) electrons. The molecule has 1 rings (SSSR count). The largest absolute Gasteiger partial charge is 0.459 e. The van der Waals surface area contributed by atoms with Crippen molar-refractivity contribution in [1.82, 2.24) is 0 Å². The van der Waals surface area contributed by atoms with E-state index in [0.717, 1.165) is 30.4 Å². The minimum Gasteiger partial charge on any atom is -0.459 e. The van der Waals surface area contributed by atoms with E-state index < -0.39 is 0 Å². The van der Waals surface area contributed by atoms with Crippen LogP contribution in [0.1, 0.15) is 85.5 Å². The molecule has 0 N–H and O–H groups in total. The zero-order valence-corrected chi connectivity index (χ0v) is 17.8. The molecule has 1 fully saturated rings. The summed E-state index contributed by atoms with van der Waals surface area (Å²) in [5, 5.41) is 0. The molecule has 0 atom stereocenters. The summed E-state index contributed by atoms with van der Waals surface area (Å²) >= 11 is 0. The molecule has 0 saturated heterocycles. The van der Waals surface area contributed by atoms with Crippen molar-refractivity contribution in [2.24, 2.45) is 0 Å². The molecule has 0 bridgehead atoms. The fourth-order valence-corrected chi connectivity index (χ4v) is 3.19. The van der Waals surface area contributed by atoms with E-state index in [0.29, 0.717) is 0 Å². The van der Waals surface area contributed by atoms with Gasteiger partial charge in [-0.05, 0) is 59.3 Å². The number of esters is 1. The van der Waals surface area contributed by atoms with Crippen LogP contribution in [0.4, 0.5) is 0 Å². The monoisotopic (exact) mass is 370 g/mol. The molecule has 1 saturated carbocycles. The predicted molar refractivity (Wildman–Crippen MR) is 117 cm³/mol. The predicted octanol–water partition coefficient (Wildman–Crippen LogP) is 7.39. The van der Waals surface area contributed by atoms with Crippen molar-refractivity contribution >= 4 is 5.97 Å². The van der Waals surface area contributed by atoms with Crippen LogP contribution in [0.25, 0.3) is 0 Å². The lowest BCUT2D eigenvalue weighted by molar-refractivity contribution is -0.144. The summed E-state index contributed by atoms with van der Waals surface area (Å²) in [6, 6.07) is 0. The van der Waals surface area contributed by atoms with Crippen molar-refractivity contribution in [2.75, 3.05) is 0 Å². The maximum Gasteiger partial charge on any atom is 0.331 e. The average molecular weight is 371 g/mol. The minimum atomic E-state index is -0.222. The van der Waals surface area contributed by atoms with E-state index in [1.807, 2.05) is 13.0 Å². The highest BCUT2D eigenvalue weighted by Gasteiger charge is 2.16. The number of hydrogen-bond acceptors (Lipinski definition) is 2. The molecular weight excluding hydrogens is 332 g/mol. The van der Waals surface area contributed by atoms with Gasteiger partial charge in [-0.15, -0.1) is 0 Å². The Bertz CT molecular complexity index is 581. The molecule has 27 heavy (non-hydrogen) atoms. The van der Waals surface area contributed by atoms with E-state index in [1.165, 1.54) is 44.1 Å². The van der Waals surface area contributed by atoms with Gasteiger partial charge >= 0.3 is 5.97 Å². The van der Waals surface area contributed by atoms with Gasteiger partial charge in [0.2, 0.25) is 0 Å². The first-order valence-electron chi connectivity index (χ1n) is 10.6. The van der Waals surface area contributed by atoms with Crippen molar-refractivity contribution in [1.29, 1.82) is 0 Å². The van der Waals surface area contributed by atoms with Crippen LogP contribution >= 0.6 is 0 Å². The third-order valence-electron chi connectivity index (χ3n) is 4.76. The van der Waals surface area contributed by atoms with Crippen LogP contribution in [-0.4, -0.2) is 12.1 Å². The summed E-state index contributed by atoms with van der Waals surface area (Å²) in [7, 11) is 0. The summed E-state index contributed by atoms with van der Waals surface area (Å²) in [4.78, 5) is 11.9. The lowest BCUT2D eigenvalue weighted by Gasteiger charge is -2.20. The van der Waals surface area contributed by atoms with Gasteiger partial charge < -0.3 is 4.74 Å². The normalized spacial score (nSPS) is 17.9. The maximum atomic E-state index is 11.9. The Hall–Kier alpha value is -1.83. The zero-order valence-electron chi connectivity index (χ0n) is 17.8.